The highest BCUT2D eigenvalue weighted by Gasteiger charge is 2.51. The van der Waals surface area contributed by atoms with Crippen LogP contribution in [0.1, 0.15) is 73.7 Å². The van der Waals surface area contributed by atoms with Crippen molar-refractivity contribution in [3.8, 4) is 0 Å². The topological polar surface area (TPSA) is 116 Å². The first-order valence-electron chi connectivity index (χ1n) is 14.4. The highest BCUT2D eigenvalue weighted by atomic mass is 16.5. The SMILES string of the molecule is COC(=O)c1ccccc1CN1CCN(C(=O)C(CCC(=O)O)NC(=O)CC23CC4CC(CC(C4)C2)C3)CC1. The molecule has 6 rings (SSSR count). The Morgan fingerprint density at radius 1 is 1.00 bits per heavy atom. The third kappa shape index (κ3) is 6.45. The molecule has 1 saturated heterocycles. The molecule has 9 nitrogen and oxygen atoms in total. The number of carboxylic acid groups (broad SMARTS) is 1. The van der Waals surface area contributed by atoms with Crippen LogP contribution in [0.5, 0.6) is 0 Å². The number of nitrogens with zero attached hydrogens (tertiary/aromatic N) is 2. The number of amides is 2. The molecule has 1 aromatic rings. The van der Waals surface area contributed by atoms with Crippen molar-refractivity contribution in [3.05, 3.63) is 35.4 Å². The van der Waals surface area contributed by atoms with E-state index in [4.69, 9.17) is 4.74 Å². The molecule has 4 saturated carbocycles. The van der Waals surface area contributed by atoms with Gasteiger partial charge in [0.05, 0.1) is 12.7 Å². The third-order valence-corrected chi connectivity index (χ3v) is 9.48. The summed E-state index contributed by atoms with van der Waals surface area (Å²) >= 11 is 0. The minimum atomic E-state index is -0.975. The van der Waals surface area contributed by atoms with Crippen LogP contribution in [0.15, 0.2) is 24.3 Å². The summed E-state index contributed by atoms with van der Waals surface area (Å²) in [5, 5.41) is 12.2. The largest absolute Gasteiger partial charge is 0.481 e. The number of carbonyl (C=O) groups is 4. The fourth-order valence-corrected chi connectivity index (χ4v) is 8.17. The van der Waals surface area contributed by atoms with Crippen LogP contribution in [-0.2, 0) is 25.7 Å². The number of carboxylic acids is 1. The first-order chi connectivity index (χ1) is 18.7. The van der Waals surface area contributed by atoms with Gasteiger partial charge >= 0.3 is 11.9 Å². The fourth-order valence-electron chi connectivity index (χ4n) is 8.17. The molecule has 2 N–H and O–H groups in total. The molecule has 5 fully saturated rings. The number of hydrogen-bond donors (Lipinski definition) is 2. The maximum absolute atomic E-state index is 13.5. The van der Waals surface area contributed by atoms with E-state index >= 15 is 0 Å². The van der Waals surface area contributed by atoms with Crippen molar-refractivity contribution in [2.24, 2.45) is 23.2 Å². The summed E-state index contributed by atoms with van der Waals surface area (Å²) in [6.45, 7) is 2.76. The second-order valence-corrected chi connectivity index (χ2v) is 12.4. The summed E-state index contributed by atoms with van der Waals surface area (Å²) in [6.07, 6.45) is 7.62. The van der Waals surface area contributed by atoms with Crippen molar-refractivity contribution in [1.82, 2.24) is 15.1 Å². The number of hydrogen-bond acceptors (Lipinski definition) is 6. The monoisotopic (exact) mass is 539 g/mol. The number of methoxy groups -OCH3 is 1. The van der Waals surface area contributed by atoms with E-state index in [-0.39, 0.29) is 36.0 Å². The standard InChI is InChI=1S/C30H41N3O6/c1-39-29(38)24-5-3-2-4-23(24)19-32-8-10-33(11-9-32)28(37)25(6-7-27(35)36)31-26(34)18-30-15-20-12-21(16-30)14-22(13-20)17-30/h2-5,20-22,25H,6-19H2,1H3,(H,31,34)(H,35,36). The van der Waals surface area contributed by atoms with E-state index in [2.05, 4.69) is 10.2 Å². The van der Waals surface area contributed by atoms with Gasteiger partial charge in [-0.15, -0.1) is 0 Å². The smallest absolute Gasteiger partial charge is 0.338 e. The van der Waals surface area contributed by atoms with E-state index in [1.807, 2.05) is 12.1 Å². The summed E-state index contributed by atoms with van der Waals surface area (Å²) in [5.74, 6) is 0.559. The molecule has 1 aromatic carbocycles. The van der Waals surface area contributed by atoms with Crippen LogP contribution < -0.4 is 5.32 Å². The van der Waals surface area contributed by atoms with Gasteiger partial charge in [-0.1, -0.05) is 18.2 Å². The highest BCUT2D eigenvalue weighted by molar-refractivity contribution is 5.91. The van der Waals surface area contributed by atoms with Gasteiger partial charge < -0.3 is 20.1 Å². The number of nitrogens with one attached hydrogen (secondary N) is 1. The molecule has 9 heteroatoms. The lowest BCUT2D eigenvalue weighted by Gasteiger charge is -2.56. The van der Waals surface area contributed by atoms with Gasteiger partial charge in [0.25, 0.3) is 0 Å². The zero-order valence-corrected chi connectivity index (χ0v) is 22.9. The third-order valence-electron chi connectivity index (χ3n) is 9.48. The molecule has 1 aliphatic heterocycles. The van der Waals surface area contributed by atoms with E-state index < -0.39 is 12.0 Å². The van der Waals surface area contributed by atoms with Crippen LogP contribution in [0.2, 0.25) is 0 Å². The Morgan fingerprint density at radius 2 is 1.62 bits per heavy atom. The van der Waals surface area contributed by atoms with Gasteiger partial charge in [-0.05, 0) is 79.7 Å². The second kappa shape index (κ2) is 11.7. The number of benzene rings is 1. The van der Waals surface area contributed by atoms with Crippen LogP contribution in [0.25, 0.3) is 0 Å². The predicted molar refractivity (Wildman–Crippen MR) is 144 cm³/mol. The van der Waals surface area contributed by atoms with Gasteiger partial charge in [-0.3, -0.25) is 19.3 Å². The highest BCUT2D eigenvalue weighted by Crippen LogP contribution is 2.61. The molecule has 1 heterocycles. The summed E-state index contributed by atoms with van der Waals surface area (Å²) in [7, 11) is 1.37. The zero-order chi connectivity index (χ0) is 27.6. The molecule has 212 valence electrons. The fraction of sp³-hybridized carbons (Fsp3) is 0.667. The minimum absolute atomic E-state index is 0.0609. The van der Waals surface area contributed by atoms with Crippen molar-refractivity contribution >= 4 is 23.8 Å². The van der Waals surface area contributed by atoms with Crippen molar-refractivity contribution in [2.75, 3.05) is 33.3 Å². The lowest BCUT2D eigenvalue weighted by Crippen LogP contribution is -2.55. The van der Waals surface area contributed by atoms with Gasteiger partial charge in [0.2, 0.25) is 11.8 Å². The number of esters is 1. The van der Waals surface area contributed by atoms with E-state index in [1.165, 1.54) is 26.4 Å². The number of rotatable bonds is 10. The van der Waals surface area contributed by atoms with Crippen LogP contribution in [-0.4, -0.2) is 78.0 Å². The number of piperazine rings is 1. The predicted octanol–water partition coefficient (Wildman–Crippen LogP) is 3.07. The lowest BCUT2D eigenvalue weighted by molar-refractivity contribution is -0.142. The average Bonchev–Trinajstić information content (AvgIpc) is 2.90. The summed E-state index contributed by atoms with van der Waals surface area (Å²) in [6, 6.07) is 6.53. The molecule has 4 bridgehead atoms. The Labute approximate surface area is 230 Å². The van der Waals surface area contributed by atoms with Crippen molar-refractivity contribution < 1.29 is 29.0 Å². The number of aliphatic carboxylic acids is 1. The maximum Gasteiger partial charge on any atom is 0.338 e. The van der Waals surface area contributed by atoms with Crippen LogP contribution in [0.4, 0.5) is 0 Å². The quantitative estimate of drug-likeness (QED) is 0.439. The second-order valence-electron chi connectivity index (χ2n) is 12.4. The Morgan fingerprint density at radius 3 is 2.21 bits per heavy atom. The lowest BCUT2D eigenvalue weighted by atomic mass is 9.49. The number of ether oxygens (including phenoxy) is 1. The van der Waals surface area contributed by atoms with Crippen LogP contribution in [0, 0.1) is 23.2 Å². The minimum Gasteiger partial charge on any atom is -0.481 e. The summed E-state index contributed by atoms with van der Waals surface area (Å²) < 4.78 is 4.90. The van der Waals surface area contributed by atoms with Gasteiger partial charge in [0.1, 0.15) is 6.04 Å². The molecule has 0 aromatic heterocycles. The summed E-state index contributed by atoms with van der Waals surface area (Å²) in [4.78, 5) is 54.1. The molecular weight excluding hydrogens is 498 g/mol. The molecule has 5 aliphatic rings. The summed E-state index contributed by atoms with van der Waals surface area (Å²) in [5.41, 5.74) is 1.47. The molecule has 0 radical (unpaired) electrons. The number of carbonyl (C=O) groups excluding carboxylic acids is 3. The zero-order valence-electron chi connectivity index (χ0n) is 22.9. The Bertz CT molecular complexity index is 1060. The molecule has 0 spiro atoms. The Balaban J connectivity index is 1.17. The Hall–Kier alpha value is -2.94. The molecule has 1 unspecified atom stereocenters. The molecule has 39 heavy (non-hydrogen) atoms. The first kappa shape index (κ1) is 27.6. The van der Waals surface area contributed by atoms with E-state index in [1.54, 1.807) is 17.0 Å². The van der Waals surface area contributed by atoms with Crippen LogP contribution >= 0.6 is 0 Å². The van der Waals surface area contributed by atoms with Gasteiger partial charge in [0.15, 0.2) is 0 Å². The van der Waals surface area contributed by atoms with Crippen LogP contribution in [0.3, 0.4) is 0 Å². The molecule has 4 aliphatic carbocycles. The van der Waals surface area contributed by atoms with Gasteiger partial charge in [-0.2, -0.15) is 0 Å². The first-order valence-corrected chi connectivity index (χ1v) is 14.4. The molecular formula is C30H41N3O6. The van der Waals surface area contributed by atoms with E-state index in [9.17, 15) is 24.3 Å². The van der Waals surface area contributed by atoms with E-state index in [0.29, 0.717) is 44.7 Å². The van der Waals surface area contributed by atoms with E-state index in [0.717, 1.165) is 42.6 Å². The van der Waals surface area contributed by atoms with Crippen molar-refractivity contribution in [1.29, 1.82) is 0 Å². The van der Waals surface area contributed by atoms with Crippen molar-refractivity contribution in [2.45, 2.75) is 70.4 Å². The Kier molecular flexibility index (Phi) is 8.26. The van der Waals surface area contributed by atoms with Crippen molar-refractivity contribution in [3.63, 3.8) is 0 Å². The molecule has 2 amide bonds. The molecule has 1 atom stereocenters. The van der Waals surface area contributed by atoms with Gasteiger partial charge in [-0.25, -0.2) is 4.79 Å². The average molecular weight is 540 g/mol. The maximum atomic E-state index is 13.5. The normalized spacial score (nSPS) is 28.6. The van der Waals surface area contributed by atoms with Gasteiger partial charge in [0, 0.05) is 45.6 Å².